The van der Waals surface area contributed by atoms with Crippen LogP contribution >= 0.6 is 0 Å². The average molecular weight is 476 g/mol. The Hall–Kier alpha value is -3.17. The third-order valence-electron chi connectivity index (χ3n) is 6.63. The van der Waals surface area contributed by atoms with Gasteiger partial charge in [-0.1, -0.05) is 18.2 Å². The van der Waals surface area contributed by atoms with Crippen LogP contribution in [-0.4, -0.2) is 56.9 Å². The first-order valence-corrected chi connectivity index (χ1v) is 11.2. The minimum absolute atomic E-state index is 0.0455. The number of aromatic nitrogens is 2. The second-order valence-electron chi connectivity index (χ2n) is 9.28. The summed E-state index contributed by atoms with van der Waals surface area (Å²) in [6.07, 6.45) is -3.96. The number of carbonyl (C=O) groups is 3. The number of likely N-dealkylation sites (N-methyl/N-ethyl adjacent to an activating group) is 1. The average Bonchev–Trinajstić information content (AvgIpc) is 3.49. The standard InChI is InChI=1S/C24H27F3N4O3/c1-15-11-16(2)30(28-15)10-9-29(3)20(32)13-23(14-21(33)31(22(23)34)19-7-8-19)17-5-4-6-18(12-17)24(25,26)27/h4-6,11-12,19H,7-10,13-14H2,1-3H3/t23-/m0/s1. The van der Waals surface area contributed by atoms with Crippen molar-refractivity contribution in [3.05, 3.63) is 52.8 Å². The molecule has 4 rings (SSSR count). The number of amides is 3. The normalized spacial score (nSPS) is 20.8. The summed E-state index contributed by atoms with van der Waals surface area (Å²) in [4.78, 5) is 42.1. The Bertz CT molecular complexity index is 1140. The maximum absolute atomic E-state index is 13.5. The van der Waals surface area contributed by atoms with Crippen LogP contribution in [0.4, 0.5) is 13.2 Å². The Morgan fingerprint density at radius 2 is 1.91 bits per heavy atom. The van der Waals surface area contributed by atoms with Crippen molar-refractivity contribution in [3.8, 4) is 0 Å². The number of likely N-dealkylation sites (tertiary alicyclic amines) is 1. The maximum atomic E-state index is 13.5. The van der Waals surface area contributed by atoms with E-state index in [1.54, 1.807) is 11.7 Å². The topological polar surface area (TPSA) is 75.5 Å². The van der Waals surface area contributed by atoms with Crippen LogP contribution in [-0.2, 0) is 32.5 Å². The molecule has 1 saturated heterocycles. The van der Waals surface area contributed by atoms with Crippen LogP contribution in [0.2, 0.25) is 0 Å². The van der Waals surface area contributed by atoms with Crippen molar-refractivity contribution in [3.63, 3.8) is 0 Å². The third kappa shape index (κ3) is 4.45. The molecule has 1 aromatic heterocycles. The molecule has 182 valence electrons. The molecule has 0 radical (unpaired) electrons. The number of hydrogen-bond acceptors (Lipinski definition) is 4. The molecular weight excluding hydrogens is 449 g/mol. The Morgan fingerprint density at radius 3 is 2.50 bits per heavy atom. The molecule has 1 atom stereocenters. The van der Waals surface area contributed by atoms with Crippen molar-refractivity contribution in [2.75, 3.05) is 13.6 Å². The molecule has 1 aliphatic heterocycles. The first-order valence-electron chi connectivity index (χ1n) is 11.2. The van der Waals surface area contributed by atoms with Crippen LogP contribution in [0.1, 0.15) is 48.2 Å². The van der Waals surface area contributed by atoms with E-state index in [1.165, 1.54) is 17.0 Å². The summed E-state index contributed by atoms with van der Waals surface area (Å²) in [5.74, 6) is -1.44. The fraction of sp³-hybridized carbons (Fsp3) is 0.500. The van der Waals surface area contributed by atoms with Crippen molar-refractivity contribution in [1.29, 1.82) is 0 Å². The monoisotopic (exact) mass is 476 g/mol. The zero-order chi connectivity index (χ0) is 24.8. The van der Waals surface area contributed by atoms with Crippen LogP contribution < -0.4 is 0 Å². The summed E-state index contributed by atoms with van der Waals surface area (Å²) in [5.41, 5.74) is -0.727. The smallest absolute Gasteiger partial charge is 0.344 e. The van der Waals surface area contributed by atoms with Crippen molar-refractivity contribution >= 4 is 17.7 Å². The Balaban J connectivity index is 1.61. The molecule has 34 heavy (non-hydrogen) atoms. The quantitative estimate of drug-likeness (QED) is 0.575. The molecule has 1 saturated carbocycles. The third-order valence-corrected chi connectivity index (χ3v) is 6.63. The second-order valence-corrected chi connectivity index (χ2v) is 9.28. The molecular formula is C24H27F3N4O3. The fourth-order valence-corrected chi connectivity index (χ4v) is 4.59. The molecule has 2 heterocycles. The van der Waals surface area contributed by atoms with E-state index in [9.17, 15) is 27.6 Å². The predicted octanol–water partition coefficient (Wildman–Crippen LogP) is 3.23. The van der Waals surface area contributed by atoms with Gasteiger partial charge in [0.25, 0.3) is 0 Å². The lowest BCUT2D eigenvalue weighted by Gasteiger charge is -2.30. The van der Waals surface area contributed by atoms with Gasteiger partial charge >= 0.3 is 6.18 Å². The number of alkyl halides is 3. The summed E-state index contributed by atoms with van der Waals surface area (Å²) in [6, 6.07) is 6.12. The molecule has 0 N–H and O–H groups in total. The molecule has 1 aromatic carbocycles. The van der Waals surface area contributed by atoms with Crippen molar-refractivity contribution in [2.45, 2.75) is 63.7 Å². The number of nitrogens with zero attached hydrogens (tertiary/aromatic N) is 4. The van der Waals surface area contributed by atoms with Crippen LogP contribution in [0.5, 0.6) is 0 Å². The minimum Gasteiger partial charge on any atom is -0.344 e. The largest absolute Gasteiger partial charge is 0.416 e. The van der Waals surface area contributed by atoms with Gasteiger partial charge in [-0.3, -0.25) is 24.0 Å². The predicted molar refractivity (Wildman–Crippen MR) is 117 cm³/mol. The van der Waals surface area contributed by atoms with Gasteiger partial charge in [-0.25, -0.2) is 0 Å². The van der Waals surface area contributed by atoms with E-state index >= 15 is 0 Å². The van der Waals surface area contributed by atoms with Gasteiger partial charge in [0, 0.05) is 38.2 Å². The SMILES string of the molecule is Cc1cc(C)n(CCN(C)C(=O)C[C@@]2(c3cccc(C(F)(F)F)c3)CC(=O)N(C3CC3)C2=O)n1. The van der Waals surface area contributed by atoms with Crippen LogP contribution in [0.3, 0.4) is 0 Å². The van der Waals surface area contributed by atoms with Gasteiger partial charge in [-0.05, 0) is 44.4 Å². The second kappa shape index (κ2) is 8.56. The molecule has 2 aliphatic rings. The minimum atomic E-state index is -4.61. The fourth-order valence-electron chi connectivity index (χ4n) is 4.59. The van der Waals surface area contributed by atoms with E-state index in [-0.39, 0.29) is 24.4 Å². The molecule has 0 bridgehead atoms. The first kappa shape index (κ1) is 24.0. The summed E-state index contributed by atoms with van der Waals surface area (Å²) in [6.45, 7) is 4.50. The molecule has 7 nitrogen and oxygen atoms in total. The molecule has 1 aliphatic carbocycles. The maximum Gasteiger partial charge on any atom is 0.416 e. The first-order chi connectivity index (χ1) is 15.9. The highest BCUT2D eigenvalue weighted by Gasteiger charge is 2.57. The summed E-state index contributed by atoms with van der Waals surface area (Å²) < 4.78 is 42.0. The number of halogens is 3. The highest BCUT2D eigenvalue weighted by atomic mass is 19.4. The van der Waals surface area contributed by atoms with Gasteiger partial charge < -0.3 is 4.90 Å². The lowest BCUT2D eigenvalue weighted by atomic mass is 9.75. The van der Waals surface area contributed by atoms with E-state index in [0.29, 0.717) is 25.9 Å². The molecule has 3 amide bonds. The zero-order valence-electron chi connectivity index (χ0n) is 19.4. The van der Waals surface area contributed by atoms with E-state index in [0.717, 1.165) is 28.4 Å². The summed E-state index contributed by atoms with van der Waals surface area (Å²) >= 11 is 0. The van der Waals surface area contributed by atoms with Gasteiger partial charge in [0.05, 0.1) is 23.2 Å². The van der Waals surface area contributed by atoms with E-state index < -0.39 is 34.9 Å². The molecule has 10 heteroatoms. The Labute approximate surface area is 195 Å². The summed E-state index contributed by atoms with van der Waals surface area (Å²) in [7, 11) is 1.58. The van der Waals surface area contributed by atoms with Crippen LogP contribution in [0, 0.1) is 13.8 Å². The number of aryl methyl sites for hydroxylation is 2. The van der Waals surface area contributed by atoms with Crippen molar-refractivity contribution in [1.82, 2.24) is 19.6 Å². The molecule has 0 unspecified atom stereocenters. The van der Waals surface area contributed by atoms with Crippen LogP contribution in [0.15, 0.2) is 30.3 Å². The molecule has 2 fully saturated rings. The highest BCUT2D eigenvalue weighted by molar-refractivity contribution is 6.11. The number of benzene rings is 1. The summed E-state index contributed by atoms with van der Waals surface area (Å²) in [5, 5.41) is 4.36. The molecule has 0 spiro atoms. The van der Waals surface area contributed by atoms with Gasteiger partial charge in [0.1, 0.15) is 0 Å². The lowest BCUT2D eigenvalue weighted by molar-refractivity contribution is -0.143. The van der Waals surface area contributed by atoms with E-state index in [4.69, 9.17) is 0 Å². The number of hydrogen-bond donors (Lipinski definition) is 0. The zero-order valence-corrected chi connectivity index (χ0v) is 19.4. The lowest BCUT2D eigenvalue weighted by Crippen LogP contribution is -2.44. The number of rotatable bonds is 7. The van der Waals surface area contributed by atoms with Gasteiger partial charge in [-0.15, -0.1) is 0 Å². The van der Waals surface area contributed by atoms with E-state index in [1.807, 2.05) is 19.9 Å². The Kier molecular flexibility index (Phi) is 6.03. The van der Waals surface area contributed by atoms with Gasteiger partial charge in [-0.2, -0.15) is 18.3 Å². The van der Waals surface area contributed by atoms with Gasteiger partial charge in [0.2, 0.25) is 17.7 Å². The highest BCUT2D eigenvalue weighted by Crippen LogP contribution is 2.45. The molecule has 2 aromatic rings. The number of carbonyl (C=O) groups excluding carboxylic acids is 3. The van der Waals surface area contributed by atoms with Crippen molar-refractivity contribution in [2.24, 2.45) is 0 Å². The van der Waals surface area contributed by atoms with Gasteiger partial charge in [0.15, 0.2) is 0 Å². The van der Waals surface area contributed by atoms with Crippen molar-refractivity contribution < 1.29 is 27.6 Å². The number of imide groups is 1. The van der Waals surface area contributed by atoms with E-state index in [2.05, 4.69) is 5.10 Å². The van der Waals surface area contributed by atoms with Crippen LogP contribution in [0.25, 0.3) is 0 Å². The Morgan fingerprint density at radius 1 is 1.21 bits per heavy atom.